The zero-order valence-corrected chi connectivity index (χ0v) is 19.0. The molecule has 1 saturated heterocycles. The van der Waals surface area contributed by atoms with Gasteiger partial charge < -0.3 is 15.0 Å². The summed E-state index contributed by atoms with van der Waals surface area (Å²) < 4.78 is 19.4. The lowest BCUT2D eigenvalue weighted by atomic mass is 10.0. The monoisotopic (exact) mass is 452 g/mol. The number of rotatable bonds is 7. The summed E-state index contributed by atoms with van der Waals surface area (Å²) in [5, 5.41) is 2.95. The van der Waals surface area contributed by atoms with Gasteiger partial charge in [0.2, 0.25) is 5.91 Å². The number of fused-ring (bicyclic) bond motifs is 1. The molecule has 0 saturated carbocycles. The standard InChI is InChI=1S/C26H30FN3O3/c1-19-7-5-13-29(17-19)14-6-12-28-25(31)18-30-22-10-2-3-11-23(22)33-24(26(30)32)16-20-8-4-9-21(27)15-20/h2-4,8-11,15-16,19H,5-7,12-14,17-18H2,1H3,(H,28,31)/p+1. The number of amides is 2. The fourth-order valence-corrected chi connectivity index (χ4v) is 4.56. The van der Waals surface area contributed by atoms with Crippen molar-refractivity contribution in [3.8, 4) is 5.75 Å². The van der Waals surface area contributed by atoms with Crippen molar-refractivity contribution >= 4 is 23.6 Å². The van der Waals surface area contributed by atoms with E-state index in [-0.39, 0.29) is 18.2 Å². The molecule has 0 aliphatic carbocycles. The summed E-state index contributed by atoms with van der Waals surface area (Å²) >= 11 is 0. The van der Waals surface area contributed by atoms with Gasteiger partial charge in [0.05, 0.1) is 25.3 Å². The first-order valence-electron chi connectivity index (χ1n) is 11.7. The maximum Gasteiger partial charge on any atom is 0.294 e. The van der Waals surface area contributed by atoms with Gasteiger partial charge in [-0.2, -0.15) is 0 Å². The molecule has 4 rings (SSSR count). The van der Waals surface area contributed by atoms with E-state index in [4.69, 9.17) is 4.74 Å². The average molecular weight is 453 g/mol. The molecule has 7 heteroatoms. The first-order chi connectivity index (χ1) is 16.0. The molecule has 2 aliphatic rings. The lowest BCUT2D eigenvalue weighted by Crippen LogP contribution is -3.13. The number of benzene rings is 2. The Bertz CT molecular complexity index is 1040. The SMILES string of the molecule is CC1CCC[NH+](CCCNC(=O)CN2C(=O)C(=Cc3cccc(F)c3)Oc3ccccc32)C1. The minimum absolute atomic E-state index is 0.0509. The number of anilines is 1. The number of quaternary nitrogens is 1. The number of hydrogen-bond donors (Lipinski definition) is 2. The molecule has 6 nitrogen and oxygen atoms in total. The van der Waals surface area contributed by atoms with Gasteiger partial charge in [0.15, 0.2) is 11.5 Å². The summed E-state index contributed by atoms with van der Waals surface area (Å²) in [4.78, 5) is 28.8. The molecule has 0 aromatic heterocycles. The Balaban J connectivity index is 1.39. The third kappa shape index (κ3) is 5.99. The third-order valence-electron chi connectivity index (χ3n) is 6.17. The van der Waals surface area contributed by atoms with Crippen LogP contribution in [0.25, 0.3) is 6.08 Å². The van der Waals surface area contributed by atoms with E-state index < -0.39 is 11.7 Å². The van der Waals surface area contributed by atoms with E-state index in [1.165, 1.54) is 49.0 Å². The number of carbonyl (C=O) groups excluding carboxylic acids is 2. The molecule has 33 heavy (non-hydrogen) atoms. The van der Waals surface area contributed by atoms with Crippen LogP contribution in [0, 0.1) is 11.7 Å². The van der Waals surface area contributed by atoms with Crippen molar-refractivity contribution in [3.63, 3.8) is 0 Å². The second-order valence-electron chi connectivity index (χ2n) is 8.93. The van der Waals surface area contributed by atoms with E-state index in [0.29, 0.717) is 23.5 Å². The van der Waals surface area contributed by atoms with Crippen LogP contribution in [0.3, 0.4) is 0 Å². The van der Waals surface area contributed by atoms with Crippen molar-refractivity contribution in [1.29, 1.82) is 0 Å². The highest BCUT2D eigenvalue weighted by Gasteiger charge is 2.31. The van der Waals surface area contributed by atoms with Crippen LogP contribution in [-0.2, 0) is 9.59 Å². The van der Waals surface area contributed by atoms with Gasteiger partial charge in [0.1, 0.15) is 12.4 Å². The van der Waals surface area contributed by atoms with Crippen LogP contribution < -0.4 is 19.9 Å². The van der Waals surface area contributed by atoms with E-state index >= 15 is 0 Å². The molecule has 2 amide bonds. The van der Waals surface area contributed by atoms with Crippen LogP contribution in [-0.4, -0.2) is 44.5 Å². The minimum Gasteiger partial charge on any atom is -0.449 e. The number of para-hydroxylation sites is 2. The van der Waals surface area contributed by atoms with Gasteiger partial charge in [-0.1, -0.05) is 31.2 Å². The molecule has 2 N–H and O–H groups in total. The molecule has 2 unspecified atom stereocenters. The fraction of sp³-hybridized carbons (Fsp3) is 0.385. The molecule has 0 bridgehead atoms. The fourth-order valence-electron chi connectivity index (χ4n) is 4.56. The van der Waals surface area contributed by atoms with Crippen LogP contribution in [0.15, 0.2) is 54.3 Å². The highest BCUT2D eigenvalue weighted by Crippen LogP contribution is 2.35. The molecule has 174 valence electrons. The Morgan fingerprint density at radius 1 is 1.27 bits per heavy atom. The molecular weight excluding hydrogens is 421 g/mol. The van der Waals surface area contributed by atoms with Crippen LogP contribution in [0.5, 0.6) is 5.75 Å². The predicted octanol–water partition coefficient (Wildman–Crippen LogP) is 2.41. The van der Waals surface area contributed by atoms with Gasteiger partial charge in [-0.3, -0.25) is 14.5 Å². The van der Waals surface area contributed by atoms with Gasteiger partial charge >= 0.3 is 0 Å². The Hall–Kier alpha value is -3.19. The van der Waals surface area contributed by atoms with Crippen LogP contribution in [0.4, 0.5) is 10.1 Å². The molecule has 2 heterocycles. The molecule has 1 fully saturated rings. The van der Waals surface area contributed by atoms with Crippen molar-refractivity contribution in [2.75, 3.05) is 37.6 Å². The Kier molecular flexibility index (Phi) is 7.40. The summed E-state index contributed by atoms with van der Waals surface area (Å²) in [5.74, 6) is 0.257. The lowest BCUT2D eigenvalue weighted by Gasteiger charge is -2.30. The normalized spacial score (nSPS) is 21.5. The van der Waals surface area contributed by atoms with E-state index in [2.05, 4.69) is 12.2 Å². The minimum atomic E-state index is -0.431. The van der Waals surface area contributed by atoms with Crippen LogP contribution in [0.1, 0.15) is 31.7 Å². The topological polar surface area (TPSA) is 63.1 Å². The van der Waals surface area contributed by atoms with Crippen molar-refractivity contribution in [1.82, 2.24) is 5.32 Å². The zero-order valence-electron chi connectivity index (χ0n) is 19.0. The van der Waals surface area contributed by atoms with E-state index in [1.807, 2.05) is 0 Å². The summed E-state index contributed by atoms with van der Waals surface area (Å²) in [5.41, 5.74) is 1.05. The van der Waals surface area contributed by atoms with E-state index in [1.54, 1.807) is 41.3 Å². The number of ether oxygens (including phenoxy) is 1. The number of halogens is 1. The summed E-state index contributed by atoms with van der Waals surface area (Å²) in [6.07, 6.45) is 4.98. The Morgan fingerprint density at radius 2 is 2.12 bits per heavy atom. The number of nitrogens with one attached hydrogen (secondary N) is 2. The second kappa shape index (κ2) is 10.6. The molecule has 2 atom stereocenters. The Morgan fingerprint density at radius 3 is 2.94 bits per heavy atom. The number of nitrogens with zero attached hydrogens (tertiary/aromatic N) is 1. The largest absolute Gasteiger partial charge is 0.449 e. The summed E-state index contributed by atoms with van der Waals surface area (Å²) in [6.45, 7) is 6.24. The van der Waals surface area contributed by atoms with Crippen molar-refractivity contribution in [2.24, 2.45) is 5.92 Å². The van der Waals surface area contributed by atoms with Gasteiger partial charge in [-0.05, 0) is 48.7 Å². The zero-order chi connectivity index (χ0) is 23.2. The first kappa shape index (κ1) is 23.0. The lowest BCUT2D eigenvalue weighted by molar-refractivity contribution is -0.908. The van der Waals surface area contributed by atoms with Gasteiger partial charge in [0.25, 0.3) is 5.91 Å². The molecular formula is C26H31FN3O3+. The van der Waals surface area contributed by atoms with Crippen molar-refractivity contribution in [2.45, 2.75) is 26.2 Å². The van der Waals surface area contributed by atoms with Gasteiger partial charge in [-0.25, -0.2) is 4.39 Å². The summed E-state index contributed by atoms with van der Waals surface area (Å²) in [7, 11) is 0. The highest BCUT2D eigenvalue weighted by molar-refractivity contribution is 6.12. The second-order valence-corrected chi connectivity index (χ2v) is 8.93. The average Bonchev–Trinajstić information content (AvgIpc) is 2.79. The predicted molar refractivity (Wildman–Crippen MR) is 125 cm³/mol. The maximum absolute atomic E-state index is 13.6. The van der Waals surface area contributed by atoms with E-state index in [9.17, 15) is 14.0 Å². The van der Waals surface area contributed by atoms with Gasteiger partial charge in [-0.15, -0.1) is 0 Å². The number of hydrogen-bond acceptors (Lipinski definition) is 3. The Labute approximate surface area is 194 Å². The summed E-state index contributed by atoms with van der Waals surface area (Å²) in [6, 6.07) is 13.0. The smallest absolute Gasteiger partial charge is 0.294 e. The quantitative estimate of drug-likeness (QED) is 0.501. The third-order valence-corrected chi connectivity index (χ3v) is 6.17. The number of carbonyl (C=O) groups is 2. The molecule has 0 spiro atoms. The van der Waals surface area contributed by atoms with Crippen LogP contribution in [0.2, 0.25) is 0 Å². The van der Waals surface area contributed by atoms with Crippen LogP contribution >= 0.6 is 0 Å². The maximum atomic E-state index is 13.6. The molecule has 2 aliphatic heterocycles. The number of likely N-dealkylation sites (tertiary alicyclic amines) is 1. The molecule has 2 aromatic carbocycles. The molecule has 0 radical (unpaired) electrons. The van der Waals surface area contributed by atoms with E-state index in [0.717, 1.165) is 18.9 Å². The van der Waals surface area contributed by atoms with Gasteiger partial charge in [0, 0.05) is 18.9 Å². The highest BCUT2D eigenvalue weighted by atomic mass is 19.1. The molecule has 2 aromatic rings. The van der Waals surface area contributed by atoms with Crippen molar-refractivity contribution < 1.29 is 23.6 Å². The van der Waals surface area contributed by atoms with Crippen molar-refractivity contribution in [3.05, 3.63) is 65.7 Å². The number of piperidine rings is 1. The first-order valence-corrected chi connectivity index (χ1v) is 11.7.